The van der Waals surface area contributed by atoms with Gasteiger partial charge in [-0.1, -0.05) is 51.1 Å². The molecule has 1 aliphatic rings. The van der Waals surface area contributed by atoms with Crippen LogP contribution < -0.4 is 0 Å². The summed E-state index contributed by atoms with van der Waals surface area (Å²) in [6.07, 6.45) is 8.64. The predicted octanol–water partition coefficient (Wildman–Crippen LogP) is 3.13. The minimum Gasteiger partial charge on any atom is -0.0775 e. The quantitative estimate of drug-likeness (QED) is 0.686. The first-order valence-corrected chi connectivity index (χ1v) is 6.02. The Morgan fingerprint density at radius 2 is 1.50 bits per heavy atom. The molecule has 0 bridgehead atoms. The van der Waals surface area contributed by atoms with Crippen molar-refractivity contribution in [2.75, 3.05) is 0 Å². The lowest BCUT2D eigenvalue weighted by Gasteiger charge is -1.91. The lowest BCUT2D eigenvalue weighted by molar-refractivity contribution is 1.65. The van der Waals surface area contributed by atoms with Crippen molar-refractivity contribution < 1.29 is 0 Å². The first-order valence-electron chi connectivity index (χ1n) is 3.87. The second-order valence-electron chi connectivity index (χ2n) is 2.49. The number of hydrogen-bond donors (Lipinski definition) is 0. The van der Waals surface area contributed by atoms with Crippen LogP contribution in [-0.2, 0) is 0 Å². The van der Waals surface area contributed by atoms with E-state index in [0.29, 0.717) is 0 Å². The topological polar surface area (TPSA) is 0 Å². The lowest BCUT2D eigenvalue weighted by atomic mass is 10.4. The average Bonchev–Trinajstić information content (AvgIpc) is 2.59. The molecule has 0 atom stereocenters. The van der Waals surface area contributed by atoms with Gasteiger partial charge in [-0.3, -0.25) is 0 Å². The highest BCUT2D eigenvalue weighted by atomic mass is 127. The maximum absolute atomic E-state index is 2.21. The van der Waals surface area contributed by atoms with Gasteiger partial charge in [-0.05, 0) is 24.3 Å². The van der Waals surface area contributed by atoms with Gasteiger partial charge in [0.25, 0.3) is 0 Å². The Bertz CT molecular complexity index is 331. The van der Waals surface area contributed by atoms with E-state index in [9.17, 15) is 0 Å². The molecular formula is C11H9I. The normalized spacial score (nSPS) is 14.2. The molecule has 0 aromatic heterocycles. The lowest BCUT2D eigenvalue weighted by Crippen LogP contribution is -1.77. The summed E-state index contributed by atoms with van der Waals surface area (Å²) < 4.78 is 2.99. The van der Waals surface area contributed by atoms with Gasteiger partial charge in [0.05, 0.1) is 0 Å². The fraction of sp³-hybridized carbons (Fsp3) is 0. The van der Waals surface area contributed by atoms with Gasteiger partial charge in [-0.25, -0.2) is 0 Å². The van der Waals surface area contributed by atoms with Crippen molar-refractivity contribution in [2.45, 2.75) is 0 Å². The van der Waals surface area contributed by atoms with Crippen LogP contribution in [0.1, 0.15) is 0 Å². The Balaban J connectivity index is 2.29. The van der Waals surface area contributed by atoms with Crippen LogP contribution in [0.25, 0.3) is 0 Å². The summed E-state index contributed by atoms with van der Waals surface area (Å²) in [6.45, 7) is 0. The van der Waals surface area contributed by atoms with Gasteiger partial charge in [0.2, 0.25) is 0 Å². The van der Waals surface area contributed by atoms with Crippen molar-refractivity contribution in [3.63, 3.8) is 0 Å². The van der Waals surface area contributed by atoms with Crippen LogP contribution >= 0.6 is 20.7 Å². The van der Waals surface area contributed by atoms with Crippen molar-refractivity contribution >= 4 is 24.2 Å². The molecule has 1 heteroatoms. The van der Waals surface area contributed by atoms with Crippen molar-refractivity contribution in [1.82, 2.24) is 0 Å². The van der Waals surface area contributed by atoms with E-state index in [1.807, 2.05) is 0 Å². The van der Waals surface area contributed by atoms with E-state index in [1.54, 1.807) is 0 Å². The van der Waals surface area contributed by atoms with E-state index in [1.165, 1.54) is 7.08 Å². The SMILES string of the molecule is C1=CC(=Ic2ccccc2)C=C1. The monoisotopic (exact) mass is 268 g/mol. The predicted molar refractivity (Wildman–Crippen MR) is 62.4 cm³/mol. The molecule has 0 saturated carbocycles. The minimum atomic E-state index is 0.0663. The fourth-order valence-corrected chi connectivity index (χ4v) is 3.29. The summed E-state index contributed by atoms with van der Waals surface area (Å²) in [5, 5.41) is 0. The third-order valence-corrected chi connectivity index (χ3v) is 4.26. The third kappa shape index (κ3) is 1.91. The summed E-state index contributed by atoms with van der Waals surface area (Å²) in [7, 11) is 0. The van der Waals surface area contributed by atoms with Crippen LogP contribution in [0.5, 0.6) is 0 Å². The fourth-order valence-electron chi connectivity index (χ4n) is 1.02. The summed E-state index contributed by atoms with van der Waals surface area (Å²) in [5.41, 5.74) is 0. The molecule has 0 nitrogen and oxygen atoms in total. The van der Waals surface area contributed by atoms with Crippen LogP contribution in [0.3, 0.4) is 0 Å². The molecule has 1 aromatic rings. The van der Waals surface area contributed by atoms with Gasteiger partial charge in [-0.2, -0.15) is 0 Å². The molecule has 0 fully saturated rings. The molecule has 0 unspecified atom stereocenters. The second kappa shape index (κ2) is 3.81. The molecule has 0 spiro atoms. The molecule has 0 radical (unpaired) electrons. The first kappa shape index (κ1) is 7.92. The largest absolute Gasteiger partial charge is 0.0775 e. The van der Waals surface area contributed by atoms with Gasteiger partial charge in [0, 0.05) is 7.08 Å². The highest BCUT2D eigenvalue weighted by molar-refractivity contribution is 14.2. The molecule has 60 valence electrons. The Labute approximate surface area is 82.4 Å². The van der Waals surface area contributed by atoms with Gasteiger partial charge in [0.1, 0.15) is 0 Å². The molecule has 0 amide bonds. The number of benzene rings is 1. The maximum Gasteiger partial charge on any atom is 0.00822 e. The van der Waals surface area contributed by atoms with E-state index in [2.05, 4.69) is 54.6 Å². The molecule has 0 N–H and O–H groups in total. The average molecular weight is 268 g/mol. The highest BCUT2D eigenvalue weighted by Crippen LogP contribution is 2.15. The number of rotatable bonds is 1. The van der Waals surface area contributed by atoms with Crippen LogP contribution in [0.2, 0.25) is 0 Å². The molecule has 1 aliphatic carbocycles. The zero-order chi connectivity index (χ0) is 8.23. The number of allylic oxidation sites excluding steroid dienone is 4. The van der Waals surface area contributed by atoms with Gasteiger partial charge in [-0.15, -0.1) is 0 Å². The smallest absolute Gasteiger partial charge is 0.00822 e. The molecule has 0 heterocycles. The van der Waals surface area contributed by atoms with E-state index >= 15 is 0 Å². The van der Waals surface area contributed by atoms with Crippen LogP contribution in [-0.4, -0.2) is 3.51 Å². The second-order valence-corrected chi connectivity index (χ2v) is 5.52. The van der Waals surface area contributed by atoms with Crippen molar-refractivity contribution in [3.8, 4) is 0 Å². The summed E-state index contributed by atoms with van der Waals surface area (Å²) >= 11 is 0.0663. The van der Waals surface area contributed by atoms with E-state index in [0.717, 1.165) is 0 Å². The molecule has 0 aliphatic heterocycles. The van der Waals surface area contributed by atoms with Gasteiger partial charge < -0.3 is 0 Å². The van der Waals surface area contributed by atoms with Crippen molar-refractivity contribution in [1.29, 1.82) is 0 Å². The molecular weight excluding hydrogens is 259 g/mol. The van der Waals surface area contributed by atoms with Crippen molar-refractivity contribution in [2.24, 2.45) is 0 Å². The Kier molecular flexibility index (Phi) is 2.51. The highest BCUT2D eigenvalue weighted by Gasteiger charge is 1.92. The zero-order valence-electron chi connectivity index (χ0n) is 6.57. The summed E-state index contributed by atoms with van der Waals surface area (Å²) in [4.78, 5) is 0. The van der Waals surface area contributed by atoms with E-state index < -0.39 is 0 Å². The van der Waals surface area contributed by atoms with Crippen LogP contribution in [0, 0.1) is 3.57 Å². The van der Waals surface area contributed by atoms with Gasteiger partial charge >= 0.3 is 0 Å². The molecule has 2 rings (SSSR count). The molecule has 0 saturated heterocycles. The zero-order valence-corrected chi connectivity index (χ0v) is 8.73. The van der Waals surface area contributed by atoms with Crippen LogP contribution in [0.4, 0.5) is 0 Å². The first-order chi connectivity index (χ1) is 5.95. The molecule has 1 aromatic carbocycles. The Morgan fingerprint density at radius 3 is 2.17 bits per heavy atom. The number of halogens is 1. The summed E-state index contributed by atoms with van der Waals surface area (Å²) in [5.74, 6) is 0. The number of hydrogen-bond acceptors (Lipinski definition) is 0. The maximum atomic E-state index is 2.21. The Hall–Kier alpha value is -0.700. The van der Waals surface area contributed by atoms with Crippen molar-refractivity contribution in [3.05, 3.63) is 58.2 Å². The summed E-state index contributed by atoms with van der Waals surface area (Å²) in [6, 6.07) is 10.7. The van der Waals surface area contributed by atoms with Gasteiger partial charge in [0.15, 0.2) is 0 Å². The van der Waals surface area contributed by atoms with Crippen LogP contribution in [0.15, 0.2) is 54.6 Å². The molecule has 12 heavy (non-hydrogen) atoms. The standard InChI is InChI=1S/C11H9I/c1-2-6-10(7-3-1)12-11-8-4-5-9-11/h1-9H. The third-order valence-electron chi connectivity index (χ3n) is 1.57. The van der Waals surface area contributed by atoms with E-state index in [4.69, 9.17) is 0 Å². The Morgan fingerprint density at radius 1 is 0.833 bits per heavy atom. The minimum absolute atomic E-state index is 0.0663. The van der Waals surface area contributed by atoms with E-state index in [-0.39, 0.29) is 20.7 Å².